The second-order valence-corrected chi connectivity index (χ2v) is 8.98. The Morgan fingerprint density at radius 1 is 1.35 bits per heavy atom. The number of carbonyl (C=O) groups is 2. The number of piperidine rings is 1. The molecule has 170 valence electrons. The number of hydrogen-bond donors (Lipinski definition) is 1. The molecule has 3 heterocycles. The van der Waals surface area contributed by atoms with Crippen LogP contribution in [0.25, 0.3) is 0 Å². The van der Waals surface area contributed by atoms with E-state index in [0.29, 0.717) is 51.2 Å². The van der Waals surface area contributed by atoms with Gasteiger partial charge in [-0.15, -0.1) is 0 Å². The van der Waals surface area contributed by atoms with E-state index in [9.17, 15) is 9.59 Å². The summed E-state index contributed by atoms with van der Waals surface area (Å²) in [4.78, 5) is 33.8. The highest BCUT2D eigenvalue weighted by atomic mass is 16.7. The average Bonchev–Trinajstić information content (AvgIpc) is 3.22. The molecule has 2 saturated heterocycles. The third-order valence-electron chi connectivity index (χ3n) is 7.00. The maximum absolute atomic E-state index is 13.3. The van der Waals surface area contributed by atoms with Gasteiger partial charge in [-0.05, 0) is 50.8 Å². The minimum absolute atomic E-state index is 0.0837. The number of hydrogen-bond acceptors (Lipinski definition) is 6. The van der Waals surface area contributed by atoms with Crippen LogP contribution in [-0.4, -0.2) is 78.4 Å². The fraction of sp³-hybridized carbons (Fsp3) is 0.696. The molecule has 3 atom stereocenters. The molecular formula is C23H34N4O4. The largest absolute Gasteiger partial charge is 0.348 e. The molecule has 1 aliphatic carbocycles. The maximum atomic E-state index is 13.3. The van der Waals surface area contributed by atoms with Crippen molar-refractivity contribution >= 4 is 11.9 Å². The number of nitrogens with one attached hydrogen (secondary N) is 1. The Kier molecular flexibility index (Phi) is 6.89. The lowest BCUT2D eigenvalue weighted by molar-refractivity contribution is -0.202. The number of nitrogens with zero attached hydrogens (tertiary/aromatic N) is 3. The average molecular weight is 431 g/mol. The molecule has 0 aromatic carbocycles. The lowest BCUT2D eigenvalue weighted by Gasteiger charge is -2.49. The van der Waals surface area contributed by atoms with Gasteiger partial charge in [-0.2, -0.15) is 0 Å². The number of likely N-dealkylation sites (tertiary alicyclic amines) is 1. The number of ether oxygens (including phenoxy) is 2. The number of imide groups is 1. The highest BCUT2D eigenvalue weighted by molar-refractivity contribution is 5.95. The maximum Gasteiger partial charge on any atom is 0.324 e. The van der Waals surface area contributed by atoms with E-state index in [2.05, 4.69) is 22.2 Å². The molecule has 0 unspecified atom stereocenters. The van der Waals surface area contributed by atoms with Crippen LogP contribution in [0.5, 0.6) is 0 Å². The van der Waals surface area contributed by atoms with Gasteiger partial charge in [0.1, 0.15) is 0 Å². The van der Waals surface area contributed by atoms with E-state index in [1.165, 1.54) is 4.90 Å². The van der Waals surface area contributed by atoms with Gasteiger partial charge in [0.15, 0.2) is 5.79 Å². The quantitative estimate of drug-likeness (QED) is 0.770. The summed E-state index contributed by atoms with van der Waals surface area (Å²) in [5.74, 6) is -0.389. The number of amides is 3. The first-order valence-corrected chi connectivity index (χ1v) is 11.5. The first-order chi connectivity index (χ1) is 15.0. The molecule has 4 rings (SSSR count). The van der Waals surface area contributed by atoms with Crippen LogP contribution in [0.4, 0.5) is 4.79 Å². The van der Waals surface area contributed by atoms with Gasteiger partial charge in [-0.1, -0.05) is 6.07 Å². The van der Waals surface area contributed by atoms with E-state index in [1.807, 2.05) is 19.1 Å². The zero-order valence-electron chi connectivity index (χ0n) is 18.6. The van der Waals surface area contributed by atoms with Crippen molar-refractivity contribution in [3.8, 4) is 0 Å². The fourth-order valence-electron chi connectivity index (χ4n) is 5.50. The van der Waals surface area contributed by atoms with E-state index >= 15 is 0 Å². The number of aromatic nitrogens is 1. The number of carbonyl (C=O) groups excluding carboxylic acids is 2. The van der Waals surface area contributed by atoms with Crippen LogP contribution in [0, 0.1) is 11.8 Å². The van der Waals surface area contributed by atoms with Crippen molar-refractivity contribution in [2.45, 2.75) is 50.9 Å². The molecule has 1 aromatic heterocycles. The Balaban J connectivity index is 1.34. The highest BCUT2D eigenvalue weighted by Crippen LogP contribution is 2.45. The Labute approximate surface area is 184 Å². The van der Waals surface area contributed by atoms with Gasteiger partial charge < -0.3 is 19.7 Å². The fourth-order valence-corrected chi connectivity index (χ4v) is 5.50. The van der Waals surface area contributed by atoms with Crippen molar-refractivity contribution in [2.24, 2.45) is 11.8 Å². The van der Waals surface area contributed by atoms with Crippen LogP contribution in [0.2, 0.25) is 0 Å². The third kappa shape index (κ3) is 4.91. The van der Waals surface area contributed by atoms with Gasteiger partial charge in [-0.25, -0.2) is 4.79 Å². The summed E-state index contributed by atoms with van der Waals surface area (Å²) in [7, 11) is 2.09. The van der Waals surface area contributed by atoms with E-state index in [4.69, 9.17) is 9.47 Å². The van der Waals surface area contributed by atoms with Crippen molar-refractivity contribution in [1.29, 1.82) is 0 Å². The molecule has 1 N–H and O–H groups in total. The van der Waals surface area contributed by atoms with Crippen molar-refractivity contribution in [3.05, 3.63) is 30.1 Å². The zero-order chi connectivity index (χ0) is 21.8. The normalized spacial score (nSPS) is 27.6. The van der Waals surface area contributed by atoms with Crippen LogP contribution < -0.4 is 5.32 Å². The monoisotopic (exact) mass is 430 g/mol. The van der Waals surface area contributed by atoms with Crippen molar-refractivity contribution in [3.63, 3.8) is 0 Å². The van der Waals surface area contributed by atoms with Crippen molar-refractivity contribution in [1.82, 2.24) is 20.1 Å². The van der Waals surface area contributed by atoms with E-state index < -0.39 is 5.79 Å². The molecular weight excluding hydrogens is 396 g/mol. The Bertz CT molecular complexity index is 768. The zero-order valence-corrected chi connectivity index (χ0v) is 18.6. The van der Waals surface area contributed by atoms with Crippen LogP contribution in [0.3, 0.4) is 0 Å². The van der Waals surface area contributed by atoms with Gasteiger partial charge >= 0.3 is 6.03 Å². The summed E-state index contributed by atoms with van der Waals surface area (Å²) < 4.78 is 11.9. The number of urea groups is 1. The van der Waals surface area contributed by atoms with Gasteiger partial charge in [0, 0.05) is 50.9 Å². The third-order valence-corrected chi connectivity index (χ3v) is 7.00. The molecule has 0 radical (unpaired) electrons. The summed E-state index contributed by atoms with van der Waals surface area (Å²) in [6.45, 7) is 4.68. The molecule has 3 fully saturated rings. The number of rotatable bonds is 5. The first kappa shape index (κ1) is 22.2. The van der Waals surface area contributed by atoms with Crippen LogP contribution in [0.1, 0.15) is 38.2 Å². The summed E-state index contributed by atoms with van der Waals surface area (Å²) in [5.41, 5.74) is 1.06. The smallest absolute Gasteiger partial charge is 0.324 e. The second-order valence-electron chi connectivity index (χ2n) is 8.98. The summed E-state index contributed by atoms with van der Waals surface area (Å²) in [5, 5.41) is 2.89. The minimum atomic E-state index is -0.457. The molecule has 31 heavy (non-hydrogen) atoms. The Hall–Kier alpha value is -2.03. The molecule has 1 aromatic rings. The molecule has 3 amide bonds. The predicted octanol–water partition coefficient (Wildman–Crippen LogP) is 2.05. The first-order valence-electron chi connectivity index (χ1n) is 11.5. The van der Waals surface area contributed by atoms with Crippen LogP contribution in [-0.2, 0) is 20.7 Å². The summed E-state index contributed by atoms with van der Waals surface area (Å²) in [6, 6.07) is 3.99. The van der Waals surface area contributed by atoms with E-state index in [0.717, 1.165) is 31.2 Å². The van der Waals surface area contributed by atoms with E-state index in [-0.39, 0.29) is 17.9 Å². The molecule has 8 nitrogen and oxygen atoms in total. The highest BCUT2D eigenvalue weighted by Gasteiger charge is 2.49. The van der Waals surface area contributed by atoms with Crippen molar-refractivity contribution < 1.29 is 19.1 Å². The van der Waals surface area contributed by atoms with E-state index in [1.54, 1.807) is 12.4 Å². The molecule has 1 saturated carbocycles. The van der Waals surface area contributed by atoms with Gasteiger partial charge in [-0.3, -0.25) is 14.7 Å². The Morgan fingerprint density at radius 3 is 2.87 bits per heavy atom. The number of pyridine rings is 1. The predicted molar refractivity (Wildman–Crippen MR) is 115 cm³/mol. The molecule has 8 heteroatoms. The lowest BCUT2D eigenvalue weighted by atomic mass is 9.72. The minimum Gasteiger partial charge on any atom is -0.348 e. The lowest BCUT2D eigenvalue weighted by Crippen LogP contribution is -2.57. The van der Waals surface area contributed by atoms with Crippen LogP contribution in [0.15, 0.2) is 24.5 Å². The second kappa shape index (κ2) is 9.63. The van der Waals surface area contributed by atoms with Gasteiger partial charge in [0.25, 0.3) is 0 Å². The molecule has 1 spiro atoms. The SMILES string of the molecule is CCN(C(=O)NCCc1cccnc1)C(=O)[C@@H]1C[C@@H]2CC3(CC[C@H]2N(C)C1)OCCO3. The summed E-state index contributed by atoms with van der Waals surface area (Å²) >= 11 is 0. The standard InChI is InChI=1S/C23H34N4O4/c1-3-27(22(29)25-10-7-17-5-4-9-24-15-17)21(28)19-13-18-14-23(30-11-12-31-23)8-6-20(18)26(2)16-19/h4-5,9,15,18-20H,3,6-8,10-14,16H2,1-2H3,(H,25,29)/t18-,19-,20-/m1/s1. The topological polar surface area (TPSA) is 84.0 Å². The molecule has 0 bridgehead atoms. The van der Waals surface area contributed by atoms with Crippen LogP contribution >= 0.6 is 0 Å². The summed E-state index contributed by atoms with van der Waals surface area (Å²) in [6.07, 6.45) is 7.74. The molecule has 2 aliphatic heterocycles. The molecule has 3 aliphatic rings. The van der Waals surface area contributed by atoms with Gasteiger partial charge in [0.2, 0.25) is 5.91 Å². The Morgan fingerprint density at radius 2 is 2.16 bits per heavy atom. The van der Waals surface area contributed by atoms with Gasteiger partial charge in [0.05, 0.1) is 19.1 Å². The number of fused-ring (bicyclic) bond motifs is 1. The van der Waals surface area contributed by atoms with Crippen molar-refractivity contribution in [2.75, 3.05) is 39.9 Å².